The average Bonchev–Trinajstić information content (AvgIpc) is 2.91. The SMILES string of the molecule is O=C(O)c1ccc2c(c1)CCN2C(=O)Oc1ccccc1. The summed E-state index contributed by atoms with van der Waals surface area (Å²) >= 11 is 0. The van der Waals surface area contributed by atoms with Crippen molar-refractivity contribution in [1.29, 1.82) is 0 Å². The lowest BCUT2D eigenvalue weighted by Crippen LogP contribution is -2.31. The third-order valence-corrected chi connectivity index (χ3v) is 3.39. The molecule has 1 aliphatic heterocycles. The van der Waals surface area contributed by atoms with Crippen LogP contribution < -0.4 is 9.64 Å². The van der Waals surface area contributed by atoms with Gasteiger partial charge in [-0.2, -0.15) is 0 Å². The molecular weight excluding hydrogens is 270 g/mol. The Kier molecular flexibility index (Phi) is 3.31. The molecule has 1 N–H and O–H groups in total. The number of carbonyl (C=O) groups excluding carboxylic acids is 1. The molecule has 1 aliphatic rings. The molecule has 0 fully saturated rings. The van der Waals surface area contributed by atoms with Gasteiger partial charge in [0.15, 0.2) is 0 Å². The predicted molar refractivity (Wildman–Crippen MR) is 76.9 cm³/mol. The summed E-state index contributed by atoms with van der Waals surface area (Å²) in [5, 5.41) is 8.98. The van der Waals surface area contributed by atoms with Gasteiger partial charge in [0, 0.05) is 6.54 Å². The minimum absolute atomic E-state index is 0.229. The Labute approximate surface area is 121 Å². The van der Waals surface area contributed by atoms with Gasteiger partial charge in [-0.1, -0.05) is 18.2 Å². The van der Waals surface area contributed by atoms with Gasteiger partial charge in [-0.15, -0.1) is 0 Å². The van der Waals surface area contributed by atoms with Crippen LogP contribution in [0.15, 0.2) is 48.5 Å². The molecule has 0 saturated carbocycles. The molecule has 0 aliphatic carbocycles. The Morgan fingerprint density at radius 2 is 1.86 bits per heavy atom. The number of aromatic carboxylic acids is 1. The highest BCUT2D eigenvalue weighted by Gasteiger charge is 2.26. The quantitative estimate of drug-likeness (QED) is 0.920. The van der Waals surface area contributed by atoms with Crippen molar-refractivity contribution in [1.82, 2.24) is 0 Å². The van der Waals surface area contributed by atoms with Crippen LogP contribution in [0.4, 0.5) is 10.5 Å². The average molecular weight is 283 g/mol. The molecule has 5 nitrogen and oxygen atoms in total. The van der Waals surface area contributed by atoms with Gasteiger partial charge in [0.25, 0.3) is 0 Å². The maximum Gasteiger partial charge on any atom is 0.419 e. The van der Waals surface area contributed by atoms with E-state index in [4.69, 9.17) is 9.84 Å². The molecule has 2 aromatic carbocycles. The monoisotopic (exact) mass is 283 g/mol. The van der Waals surface area contributed by atoms with Gasteiger partial charge in [0.05, 0.1) is 11.3 Å². The first-order valence-corrected chi connectivity index (χ1v) is 6.56. The van der Waals surface area contributed by atoms with E-state index in [2.05, 4.69) is 0 Å². The molecular formula is C16H13NO4. The number of ether oxygens (including phenoxy) is 1. The second-order valence-corrected chi connectivity index (χ2v) is 4.73. The van der Waals surface area contributed by atoms with Gasteiger partial charge < -0.3 is 9.84 Å². The maximum absolute atomic E-state index is 12.2. The van der Waals surface area contributed by atoms with Crippen LogP contribution in [0.2, 0.25) is 0 Å². The zero-order chi connectivity index (χ0) is 14.8. The van der Waals surface area contributed by atoms with Gasteiger partial charge in [-0.25, -0.2) is 9.59 Å². The number of carbonyl (C=O) groups is 2. The van der Waals surface area contributed by atoms with Crippen LogP contribution in [0.1, 0.15) is 15.9 Å². The van der Waals surface area contributed by atoms with E-state index < -0.39 is 12.1 Å². The topological polar surface area (TPSA) is 66.8 Å². The molecule has 0 saturated heterocycles. The van der Waals surface area contributed by atoms with Crippen LogP contribution in [0.5, 0.6) is 5.75 Å². The van der Waals surface area contributed by atoms with Crippen molar-refractivity contribution < 1.29 is 19.4 Å². The largest absolute Gasteiger partial charge is 0.478 e. The molecule has 0 atom stereocenters. The van der Waals surface area contributed by atoms with Crippen LogP contribution in [-0.2, 0) is 6.42 Å². The van der Waals surface area contributed by atoms with Gasteiger partial charge in [-0.05, 0) is 42.3 Å². The molecule has 0 bridgehead atoms. The summed E-state index contributed by atoms with van der Waals surface area (Å²) in [6, 6.07) is 13.6. The number of para-hydroxylation sites is 1. The highest BCUT2D eigenvalue weighted by molar-refractivity contribution is 5.94. The third-order valence-electron chi connectivity index (χ3n) is 3.39. The Bertz CT molecular complexity index is 697. The molecule has 1 amide bonds. The summed E-state index contributed by atoms with van der Waals surface area (Å²) in [7, 11) is 0. The maximum atomic E-state index is 12.2. The summed E-state index contributed by atoms with van der Waals surface area (Å²) < 4.78 is 5.30. The van der Waals surface area contributed by atoms with Gasteiger partial charge >= 0.3 is 12.1 Å². The lowest BCUT2D eigenvalue weighted by molar-refractivity contribution is 0.0697. The molecule has 2 aromatic rings. The number of hydrogen-bond acceptors (Lipinski definition) is 3. The van der Waals surface area contributed by atoms with Crippen molar-refractivity contribution in [2.75, 3.05) is 11.4 Å². The number of fused-ring (bicyclic) bond motifs is 1. The molecule has 0 radical (unpaired) electrons. The summed E-state index contributed by atoms with van der Waals surface area (Å²) in [6.45, 7) is 0.490. The second-order valence-electron chi connectivity index (χ2n) is 4.73. The number of carboxylic acid groups (broad SMARTS) is 1. The van der Waals surface area contributed by atoms with Crippen LogP contribution in [0, 0.1) is 0 Å². The van der Waals surface area contributed by atoms with Crippen molar-refractivity contribution >= 4 is 17.7 Å². The summed E-state index contributed by atoms with van der Waals surface area (Å²) in [5.74, 6) is -0.485. The van der Waals surface area contributed by atoms with E-state index in [-0.39, 0.29) is 5.56 Å². The molecule has 106 valence electrons. The third kappa shape index (κ3) is 2.58. The zero-order valence-electron chi connectivity index (χ0n) is 11.2. The van der Waals surface area contributed by atoms with Crippen LogP contribution in [0.3, 0.4) is 0 Å². The Hall–Kier alpha value is -2.82. The molecule has 3 rings (SSSR count). The molecule has 0 spiro atoms. The Balaban J connectivity index is 1.81. The number of benzene rings is 2. The fourth-order valence-corrected chi connectivity index (χ4v) is 2.37. The lowest BCUT2D eigenvalue weighted by atomic mass is 10.1. The molecule has 5 heteroatoms. The number of anilines is 1. The van der Waals surface area contributed by atoms with Crippen molar-refractivity contribution in [3.63, 3.8) is 0 Å². The minimum atomic E-state index is -0.969. The van der Waals surface area contributed by atoms with Crippen molar-refractivity contribution in [2.24, 2.45) is 0 Å². The van der Waals surface area contributed by atoms with Gasteiger partial charge in [0.1, 0.15) is 5.75 Å². The van der Waals surface area contributed by atoms with Crippen LogP contribution in [0.25, 0.3) is 0 Å². The Morgan fingerprint density at radius 1 is 1.10 bits per heavy atom. The van der Waals surface area contributed by atoms with Gasteiger partial charge in [0.2, 0.25) is 0 Å². The number of carboxylic acids is 1. The van der Waals surface area contributed by atoms with Crippen LogP contribution >= 0.6 is 0 Å². The van der Waals surface area contributed by atoms with Crippen molar-refractivity contribution in [2.45, 2.75) is 6.42 Å². The lowest BCUT2D eigenvalue weighted by Gasteiger charge is -2.16. The second kappa shape index (κ2) is 5.28. The number of hydrogen-bond donors (Lipinski definition) is 1. The van der Waals surface area contributed by atoms with Crippen molar-refractivity contribution in [3.8, 4) is 5.75 Å². The summed E-state index contributed by atoms with van der Waals surface area (Å²) in [5.41, 5.74) is 1.79. The van der Waals surface area contributed by atoms with E-state index >= 15 is 0 Å². The molecule has 1 heterocycles. The molecule has 21 heavy (non-hydrogen) atoms. The molecule has 0 unspecified atom stereocenters. The number of rotatable bonds is 2. The first-order chi connectivity index (χ1) is 10.1. The Morgan fingerprint density at radius 3 is 2.57 bits per heavy atom. The number of amides is 1. The highest BCUT2D eigenvalue weighted by Crippen LogP contribution is 2.29. The molecule has 0 aromatic heterocycles. The fourth-order valence-electron chi connectivity index (χ4n) is 2.37. The highest BCUT2D eigenvalue weighted by atomic mass is 16.6. The van der Waals surface area contributed by atoms with Gasteiger partial charge in [-0.3, -0.25) is 4.90 Å². The smallest absolute Gasteiger partial charge is 0.419 e. The fraction of sp³-hybridized carbons (Fsp3) is 0.125. The normalized spacial score (nSPS) is 12.9. The minimum Gasteiger partial charge on any atom is -0.478 e. The standard InChI is InChI=1S/C16H13NO4/c18-15(19)12-6-7-14-11(10-12)8-9-17(14)16(20)21-13-4-2-1-3-5-13/h1-7,10H,8-9H2,(H,18,19). The first kappa shape index (κ1) is 13.2. The first-order valence-electron chi connectivity index (χ1n) is 6.56. The van der Waals surface area contributed by atoms with Crippen molar-refractivity contribution in [3.05, 3.63) is 59.7 Å². The van der Waals surface area contributed by atoms with E-state index in [1.54, 1.807) is 36.4 Å². The van der Waals surface area contributed by atoms with Crippen LogP contribution in [-0.4, -0.2) is 23.7 Å². The summed E-state index contributed by atoms with van der Waals surface area (Å²) in [4.78, 5) is 24.7. The van der Waals surface area contributed by atoms with E-state index in [9.17, 15) is 9.59 Å². The van der Waals surface area contributed by atoms with E-state index in [0.29, 0.717) is 24.4 Å². The van der Waals surface area contributed by atoms with E-state index in [1.807, 2.05) is 6.07 Å². The zero-order valence-corrected chi connectivity index (χ0v) is 11.2. The number of nitrogens with zero attached hydrogens (tertiary/aromatic N) is 1. The van der Waals surface area contributed by atoms with E-state index in [0.717, 1.165) is 5.56 Å². The summed E-state index contributed by atoms with van der Waals surface area (Å²) in [6.07, 6.45) is 0.170. The predicted octanol–water partition coefficient (Wildman–Crippen LogP) is 2.95. The van der Waals surface area contributed by atoms with E-state index in [1.165, 1.54) is 11.0 Å².